The lowest BCUT2D eigenvalue weighted by atomic mass is 10.2. The number of rotatable bonds is 1. The quantitative estimate of drug-likeness (QED) is 0.853. The molecule has 2 rings (SSSR count). The van der Waals surface area contributed by atoms with Crippen molar-refractivity contribution in [2.75, 3.05) is 31.1 Å². The molecule has 1 saturated heterocycles. The van der Waals surface area contributed by atoms with E-state index in [1.807, 2.05) is 4.90 Å². The first-order chi connectivity index (χ1) is 7.98. The summed E-state index contributed by atoms with van der Waals surface area (Å²) in [6.07, 6.45) is -3.58. The number of nitrogens with one attached hydrogen (secondary N) is 1. The molecule has 0 saturated carbocycles. The molecule has 2 heterocycles. The summed E-state index contributed by atoms with van der Waals surface area (Å²) in [5.74, 6) is 0.418. The Morgan fingerprint density at radius 2 is 1.79 bits per heavy atom. The Kier molecular flexibility index (Phi) is 7.21. The maximum Gasteiger partial charge on any atom is 0.417 e. The monoisotopic (exact) mass is 337 g/mol. The van der Waals surface area contributed by atoms with E-state index in [0.717, 1.165) is 25.4 Å². The molecule has 19 heavy (non-hydrogen) atoms. The van der Waals surface area contributed by atoms with E-state index >= 15 is 0 Å². The maximum absolute atomic E-state index is 12.4. The second kappa shape index (κ2) is 7.38. The molecule has 1 aliphatic heterocycles. The van der Waals surface area contributed by atoms with Crippen LogP contribution in [0, 0.1) is 0 Å². The zero-order valence-electron chi connectivity index (χ0n) is 9.71. The van der Waals surface area contributed by atoms with E-state index in [1.165, 1.54) is 0 Å². The molecule has 1 aromatic heterocycles. The van der Waals surface area contributed by atoms with Crippen LogP contribution in [0.3, 0.4) is 0 Å². The van der Waals surface area contributed by atoms with Gasteiger partial charge in [0.05, 0.1) is 10.6 Å². The zero-order chi connectivity index (χ0) is 12.5. The Morgan fingerprint density at radius 3 is 2.26 bits per heavy atom. The molecule has 9 heteroatoms. The van der Waals surface area contributed by atoms with E-state index < -0.39 is 11.7 Å². The molecule has 0 aromatic carbocycles. The third-order valence-corrected chi connectivity index (χ3v) is 2.84. The first-order valence-corrected chi connectivity index (χ1v) is 5.54. The van der Waals surface area contributed by atoms with Gasteiger partial charge < -0.3 is 10.2 Å². The van der Waals surface area contributed by atoms with Crippen LogP contribution >= 0.6 is 36.4 Å². The number of anilines is 1. The predicted octanol–water partition coefficient (Wildman–Crippen LogP) is 3.01. The van der Waals surface area contributed by atoms with Crippen molar-refractivity contribution in [1.82, 2.24) is 10.3 Å². The Bertz CT molecular complexity index is 409. The molecule has 1 fully saturated rings. The molecule has 1 N–H and O–H groups in total. The van der Waals surface area contributed by atoms with E-state index in [1.54, 1.807) is 0 Å². The van der Waals surface area contributed by atoms with E-state index in [-0.39, 0.29) is 29.8 Å². The lowest BCUT2D eigenvalue weighted by Crippen LogP contribution is -2.44. The topological polar surface area (TPSA) is 28.2 Å². The van der Waals surface area contributed by atoms with Crippen LogP contribution in [-0.2, 0) is 6.18 Å². The molecule has 0 amide bonds. The summed E-state index contributed by atoms with van der Waals surface area (Å²) in [4.78, 5) is 5.69. The lowest BCUT2D eigenvalue weighted by molar-refractivity contribution is -0.137. The van der Waals surface area contributed by atoms with Crippen LogP contribution < -0.4 is 10.2 Å². The minimum absolute atomic E-state index is 0. The molecule has 1 aromatic rings. The summed E-state index contributed by atoms with van der Waals surface area (Å²) in [5.41, 5.74) is -0.818. The highest BCUT2D eigenvalue weighted by Crippen LogP contribution is 2.33. The third kappa shape index (κ3) is 4.56. The fourth-order valence-corrected chi connectivity index (χ4v) is 1.98. The molecule has 0 aliphatic carbocycles. The van der Waals surface area contributed by atoms with Gasteiger partial charge in [0.1, 0.15) is 5.82 Å². The molecule has 0 bridgehead atoms. The summed E-state index contributed by atoms with van der Waals surface area (Å²) in [6.45, 7) is 2.94. The lowest BCUT2D eigenvalue weighted by Gasteiger charge is -2.29. The van der Waals surface area contributed by atoms with E-state index in [0.29, 0.717) is 18.9 Å². The average Bonchev–Trinajstić information content (AvgIpc) is 2.29. The highest BCUT2D eigenvalue weighted by Gasteiger charge is 2.32. The van der Waals surface area contributed by atoms with Gasteiger partial charge in [0.25, 0.3) is 0 Å². The number of hydrogen-bond donors (Lipinski definition) is 1. The van der Waals surface area contributed by atoms with Crippen molar-refractivity contribution < 1.29 is 13.2 Å². The van der Waals surface area contributed by atoms with Crippen molar-refractivity contribution in [3.05, 3.63) is 22.8 Å². The number of hydrogen-bond acceptors (Lipinski definition) is 3. The predicted molar refractivity (Wildman–Crippen MR) is 73.8 cm³/mol. The minimum atomic E-state index is -4.40. The van der Waals surface area contributed by atoms with Gasteiger partial charge >= 0.3 is 6.18 Å². The molecule has 1 aliphatic rings. The Hall–Kier alpha value is -0.430. The first kappa shape index (κ1) is 18.6. The second-order valence-corrected chi connectivity index (χ2v) is 4.17. The molecular weight excluding hydrogens is 325 g/mol. The second-order valence-electron chi connectivity index (χ2n) is 3.76. The van der Waals surface area contributed by atoms with Crippen LogP contribution in [0.25, 0.3) is 0 Å². The zero-order valence-corrected chi connectivity index (χ0v) is 12.1. The van der Waals surface area contributed by atoms with Gasteiger partial charge in [-0.1, -0.05) is 11.6 Å². The van der Waals surface area contributed by atoms with Gasteiger partial charge in [-0.05, 0) is 6.07 Å². The van der Waals surface area contributed by atoms with Crippen molar-refractivity contribution in [1.29, 1.82) is 0 Å². The van der Waals surface area contributed by atoms with Gasteiger partial charge in [-0.3, -0.25) is 0 Å². The Balaban J connectivity index is 0.00000162. The van der Waals surface area contributed by atoms with Crippen LogP contribution in [0.2, 0.25) is 5.02 Å². The van der Waals surface area contributed by atoms with Crippen LogP contribution in [0.5, 0.6) is 0 Å². The molecule has 0 unspecified atom stereocenters. The van der Waals surface area contributed by atoms with Crippen LogP contribution in [0.1, 0.15) is 5.56 Å². The molecule has 3 nitrogen and oxygen atoms in total. The summed E-state index contributed by atoms with van der Waals surface area (Å²) in [6, 6.07) is 0.923. The fourth-order valence-electron chi connectivity index (χ4n) is 1.70. The fraction of sp³-hybridized carbons (Fsp3) is 0.500. The van der Waals surface area contributed by atoms with Gasteiger partial charge in [0.15, 0.2) is 0 Å². The standard InChI is InChI=1S/C10H11ClF3N3.2ClH/c11-8-5-7(10(12,13)14)6-16-9(8)17-3-1-15-2-4-17;;/h5-6,15H,1-4H2;2*1H. The highest BCUT2D eigenvalue weighted by molar-refractivity contribution is 6.33. The molecule has 0 spiro atoms. The first-order valence-electron chi connectivity index (χ1n) is 5.17. The molecule has 0 atom stereocenters. The summed E-state index contributed by atoms with van der Waals surface area (Å²) < 4.78 is 37.3. The number of alkyl halides is 3. The normalized spacial score (nSPS) is 15.5. The average molecular weight is 339 g/mol. The van der Waals surface area contributed by atoms with Gasteiger partial charge in [0, 0.05) is 32.4 Å². The van der Waals surface area contributed by atoms with Crippen LogP contribution in [0.4, 0.5) is 19.0 Å². The van der Waals surface area contributed by atoms with Crippen molar-refractivity contribution in [2.24, 2.45) is 0 Å². The maximum atomic E-state index is 12.4. The molecule has 0 radical (unpaired) electrons. The highest BCUT2D eigenvalue weighted by atomic mass is 35.5. The van der Waals surface area contributed by atoms with Gasteiger partial charge in [-0.15, -0.1) is 24.8 Å². The smallest absolute Gasteiger partial charge is 0.353 e. The molecular formula is C10H13Cl3F3N3. The van der Waals surface area contributed by atoms with E-state index in [9.17, 15) is 13.2 Å². The number of piperazine rings is 1. The van der Waals surface area contributed by atoms with Crippen molar-refractivity contribution in [3.63, 3.8) is 0 Å². The number of aromatic nitrogens is 1. The van der Waals surface area contributed by atoms with E-state index in [2.05, 4.69) is 10.3 Å². The SMILES string of the molecule is Cl.Cl.FC(F)(F)c1cnc(N2CCNCC2)c(Cl)c1. The van der Waals surface area contributed by atoms with Crippen molar-refractivity contribution in [3.8, 4) is 0 Å². The number of pyridine rings is 1. The number of nitrogens with zero attached hydrogens (tertiary/aromatic N) is 2. The number of halogens is 6. The van der Waals surface area contributed by atoms with Crippen LogP contribution in [0.15, 0.2) is 12.3 Å². The van der Waals surface area contributed by atoms with Gasteiger partial charge in [-0.25, -0.2) is 4.98 Å². The third-order valence-electron chi connectivity index (χ3n) is 2.57. The van der Waals surface area contributed by atoms with Gasteiger partial charge in [0.2, 0.25) is 0 Å². The summed E-state index contributed by atoms with van der Waals surface area (Å²) in [5, 5.41) is 3.19. The Labute approximate surface area is 126 Å². The van der Waals surface area contributed by atoms with Crippen molar-refractivity contribution in [2.45, 2.75) is 6.18 Å². The van der Waals surface area contributed by atoms with E-state index in [4.69, 9.17) is 11.6 Å². The Morgan fingerprint density at radius 1 is 1.21 bits per heavy atom. The largest absolute Gasteiger partial charge is 0.417 e. The van der Waals surface area contributed by atoms with Crippen LogP contribution in [-0.4, -0.2) is 31.2 Å². The van der Waals surface area contributed by atoms with Gasteiger partial charge in [-0.2, -0.15) is 13.2 Å². The molecule has 110 valence electrons. The minimum Gasteiger partial charge on any atom is -0.353 e. The van der Waals surface area contributed by atoms with Crippen molar-refractivity contribution >= 4 is 42.2 Å². The summed E-state index contributed by atoms with van der Waals surface area (Å²) in [7, 11) is 0. The summed E-state index contributed by atoms with van der Waals surface area (Å²) >= 11 is 5.84.